The van der Waals surface area contributed by atoms with E-state index in [-0.39, 0.29) is 12.4 Å². The van der Waals surface area contributed by atoms with Crippen LogP contribution in [-0.2, 0) is 13.0 Å². The molecule has 1 unspecified atom stereocenters. The summed E-state index contributed by atoms with van der Waals surface area (Å²) in [7, 11) is 0. The molecule has 1 aromatic heterocycles. The lowest BCUT2D eigenvalue weighted by Crippen LogP contribution is -2.24. The van der Waals surface area contributed by atoms with Gasteiger partial charge in [-0.15, -0.1) is 0 Å². The van der Waals surface area contributed by atoms with Gasteiger partial charge in [0, 0.05) is 29.4 Å². The van der Waals surface area contributed by atoms with Crippen molar-refractivity contribution in [3.8, 4) is 5.75 Å². The Labute approximate surface area is 125 Å². The quantitative estimate of drug-likeness (QED) is 0.877. The second kappa shape index (κ2) is 6.85. The second-order valence-corrected chi connectivity index (χ2v) is 5.34. The molecular weight excluding hydrogens is 327 g/mol. The van der Waals surface area contributed by atoms with Crippen LogP contribution in [0.3, 0.4) is 0 Å². The lowest BCUT2D eigenvalue weighted by atomic mass is 10.3. The van der Waals surface area contributed by atoms with Gasteiger partial charge >= 0.3 is 0 Å². The van der Waals surface area contributed by atoms with E-state index in [9.17, 15) is 9.50 Å². The molecule has 2 rings (SSSR count). The zero-order valence-corrected chi connectivity index (χ0v) is 12.7. The molecule has 2 aromatic rings. The average molecular weight is 343 g/mol. The summed E-state index contributed by atoms with van der Waals surface area (Å²) in [4.78, 5) is 4.18. The van der Waals surface area contributed by atoms with Crippen LogP contribution in [-0.4, -0.2) is 27.4 Å². The van der Waals surface area contributed by atoms with Crippen molar-refractivity contribution in [1.29, 1.82) is 0 Å². The SMILES string of the molecule is CCc1nccn1CC(O)COc1cc(F)cc(Br)c1. The summed E-state index contributed by atoms with van der Waals surface area (Å²) in [6.07, 6.45) is 3.64. The number of halogens is 2. The van der Waals surface area contributed by atoms with E-state index in [0.717, 1.165) is 12.2 Å². The Morgan fingerprint density at radius 1 is 1.45 bits per heavy atom. The highest BCUT2D eigenvalue weighted by molar-refractivity contribution is 9.10. The van der Waals surface area contributed by atoms with Gasteiger partial charge in [-0.3, -0.25) is 0 Å². The normalized spacial score (nSPS) is 12.4. The zero-order valence-electron chi connectivity index (χ0n) is 11.1. The van der Waals surface area contributed by atoms with Crippen molar-refractivity contribution < 1.29 is 14.2 Å². The molecule has 0 saturated heterocycles. The van der Waals surface area contributed by atoms with Crippen LogP contribution < -0.4 is 4.74 Å². The lowest BCUT2D eigenvalue weighted by Gasteiger charge is -2.14. The zero-order chi connectivity index (χ0) is 14.5. The van der Waals surface area contributed by atoms with Crippen molar-refractivity contribution in [3.63, 3.8) is 0 Å². The van der Waals surface area contributed by atoms with Crippen molar-refractivity contribution in [2.45, 2.75) is 26.0 Å². The third-order valence-corrected chi connectivity index (χ3v) is 3.26. The van der Waals surface area contributed by atoms with Crippen molar-refractivity contribution >= 4 is 15.9 Å². The van der Waals surface area contributed by atoms with Crippen LogP contribution in [0.2, 0.25) is 0 Å². The van der Waals surface area contributed by atoms with E-state index < -0.39 is 6.10 Å². The van der Waals surface area contributed by atoms with Gasteiger partial charge in [-0.1, -0.05) is 22.9 Å². The highest BCUT2D eigenvalue weighted by atomic mass is 79.9. The van der Waals surface area contributed by atoms with Gasteiger partial charge in [0.2, 0.25) is 0 Å². The first kappa shape index (κ1) is 15.0. The largest absolute Gasteiger partial charge is 0.491 e. The molecular formula is C14H16BrFN2O2. The van der Waals surface area contributed by atoms with Crippen LogP contribution in [0.4, 0.5) is 4.39 Å². The number of imidazole rings is 1. The molecule has 1 heterocycles. The first-order valence-corrected chi connectivity index (χ1v) is 7.14. The molecule has 0 bridgehead atoms. The van der Waals surface area contributed by atoms with Crippen LogP contribution in [0, 0.1) is 5.82 Å². The predicted molar refractivity (Wildman–Crippen MR) is 77.2 cm³/mol. The fraction of sp³-hybridized carbons (Fsp3) is 0.357. The van der Waals surface area contributed by atoms with Crippen LogP contribution in [0.5, 0.6) is 5.75 Å². The summed E-state index contributed by atoms with van der Waals surface area (Å²) in [5.41, 5.74) is 0. The van der Waals surface area contributed by atoms with Gasteiger partial charge in [0.15, 0.2) is 0 Å². The minimum atomic E-state index is -0.684. The molecule has 6 heteroatoms. The summed E-state index contributed by atoms with van der Waals surface area (Å²) < 4.78 is 21.1. The third kappa shape index (κ3) is 4.05. The Morgan fingerprint density at radius 3 is 2.95 bits per heavy atom. The first-order chi connectivity index (χ1) is 9.58. The van der Waals surface area contributed by atoms with Crippen LogP contribution >= 0.6 is 15.9 Å². The van der Waals surface area contributed by atoms with Gasteiger partial charge in [0.1, 0.15) is 30.1 Å². The van der Waals surface area contributed by atoms with Crippen molar-refractivity contribution in [2.24, 2.45) is 0 Å². The second-order valence-electron chi connectivity index (χ2n) is 4.42. The van der Waals surface area contributed by atoms with E-state index in [4.69, 9.17) is 4.74 Å². The van der Waals surface area contributed by atoms with Gasteiger partial charge in [-0.25, -0.2) is 9.37 Å². The Bertz CT molecular complexity index is 554. The number of aliphatic hydroxyl groups excluding tert-OH is 1. The van der Waals surface area contributed by atoms with Crippen LogP contribution in [0.15, 0.2) is 35.1 Å². The van der Waals surface area contributed by atoms with Crippen molar-refractivity contribution in [3.05, 3.63) is 46.7 Å². The Hall–Kier alpha value is -1.40. The maximum Gasteiger partial charge on any atom is 0.128 e. The Kier molecular flexibility index (Phi) is 5.14. The fourth-order valence-electron chi connectivity index (χ4n) is 1.90. The van der Waals surface area contributed by atoms with E-state index in [2.05, 4.69) is 20.9 Å². The number of hydrogen-bond donors (Lipinski definition) is 1. The average Bonchev–Trinajstić information content (AvgIpc) is 2.82. The molecule has 0 radical (unpaired) electrons. The van der Waals surface area contributed by atoms with Gasteiger partial charge in [-0.05, 0) is 12.1 Å². The number of aliphatic hydroxyl groups is 1. The minimum Gasteiger partial charge on any atom is -0.491 e. The summed E-state index contributed by atoms with van der Waals surface area (Å²) in [5, 5.41) is 9.96. The van der Waals surface area contributed by atoms with Gasteiger partial charge < -0.3 is 14.4 Å². The molecule has 1 aromatic carbocycles. The number of benzene rings is 1. The number of aryl methyl sites for hydroxylation is 1. The number of nitrogens with zero attached hydrogens (tertiary/aromatic N) is 2. The van der Waals surface area contributed by atoms with E-state index in [0.29, 0.717) is 16.8 Å². The van der Waals surface area contributed by atoms with Crippen molar-refractivity contribution in [1.82, 2.24) is 9.55 Å². The van der Waals surface area contributed by atoms with Crippen molar-refractivity contribution in [2.75, 3.05) is 6.61 Å². The lowest BCUT2D eigenvalue weighted by molar-refractivity contribution is 0.0916. The molecule has 0 amide bonds. The van der Waals surface area contributed by atoms with Gasteiger partial charge in [0.25, 0.3) is 0 Å². The van der Waals surface area contributed by atoms with E-state index in [1.807, 2.05) is 17.7 Å². The van der Waals surface area contributed by atoms with Crippen LogP contribution in [0.1, 0.15) is 12.7 Å². The molecule has 0 saturated carbocycles. The molecule has 108 valence electrons. The maximum absolute atomic E-state index is 13.2. The van der Waals surface area contributed by atoms with Gasteiger partial charge in [0.05, 0.1) is 6.54 Å². The Balaban J connectivity index is 1.90. The predicted octanol–water partition coefficient (Wildman–Crippen LogP) is 2.79. The first-order valence-electron chi connectivity index (χ1n) is 6.35. The highest BCUT2D eigenvalue weighted by Gasteiger charge is 2.09. The number of ether oxygens (including phenoxy) is 1. The minimum absolute atomic E-state index is 0.0945. The molecule has 0 aliphatic rings. The summed E-state index contributed by atoms with van der Waals surface area (Å²) in [6.45, 7) is 2.50. The van der Waals surface area contributed by atoms with Gasteiger partial charge in [-0.2, -0.15) is 0 Å². The molecule has 1 N–H and O–H groups in total. The number of rotatable bonds is 6. The molecule has 1 atom stereocenters. The smallest absolute Gasteiger partial charge is 0.128 e. The molecule has 20 heavy (non-hydrogen) atoms. The molecule has 0 fully saturated rings. The third-order valence-electron chi connectivity index (χ3n) is 2.80. The molecule has 0 spiro atoms. The standard InChI is InChI=1S/C14H16BrFN2O2/c1-2-14-17-3-4-18(14)8-12(19)9-20-13-6-10(15)5-11(16)7-13/h3-7,12,19H,2,8-9H2,1H3. The van der Waals surface area contributed by atoms with E-state index >= 15 is 0 Å². The highest BCUT2D eigenvalue weighted by Crippen LogP contribution is 2.20. The number of hydrogen-bond acceptors (Lipinski definition) is 3. The summed E-state index contributed by atoms with van der Waals surface area (Å²) >= 11 is 3.19. The Morgan fingerprint density at radius 2 is 2.25 bits per heavy atom. The molecule has 4 nitrogen and oxygen atoms in total. The number of aromatic nitrogens is 2. The topological polar surface area (TPSA) is 47.3 Å². The van der Waals surface area contributed by atoms with E-state index in [1.54, 1.807) is 12.3 Å². The monoisotopic (exact) mass is 342 g/mol. The van der Waals surface area contributed by atoms with E-state index in [1.165, 1.54) is 12.1 Å². The fourth-order valence-corrected chi connectivity index (χ4v) is 2.35. The molecule has 0 aliphatic carbocycles. The maximum atomic E-state index is 13.2. The summed E-state index contributed by atoms with van der Waals surface area (Å²) in [5.74, 6) is 0.918. The molecule has 0 aliphatic heterocycles. The van der Waals surface area contributed by atoms with Crippen LogP contribution in [0.25, 0.3) is 0 Å². The summed E-state index contributed by atoms with van der Waals surface area (Å²) in [6, 6.07) is 4.29.